The van der Waals surface area contributed by atoms with Crippen LogP contribution in [0.5, 0.6) is 0 Å². The molecular weight excluding hydrogens is 427 g/mol. The van der Waals surface area contributed by atoms with E-state index in [0.29, 0.717) is 5.56 Å². The van der Waals surface area contributed by atoms with E-state index in [-0.39, 0.29) is 33.4 Å². The zero-order valence-corrected chi connectivity index (χ0v) is 17.2. The summed E-state index contributed by atoms with van der Waals surface area (Å²) in [4.78, 5) is 30.8. The van der Waals surface area contributed by atoms with Gasteiger partial charge >= 0.3 is 11.9 Å². The topological polar surface area (TPSA) is 119 Å². The SMILES string of the molecule is COC(=O)C1=C(C(=O)OC)N(c2ccc(F)c(Cl)c2)C(N)=C(C#N)[C@@H]1c1cccnc1. The molecule has 0 bridgehead atoms. The third kappa shape index (κ3) is 3.81. The lowest BCUT2D eigenvalue weighted by Crippen LogP contribution is -2.40. The Morgan fingerprint density at radius 1 is 1.26 bits per heavy atom. The van der Waals surface area contributed by atoms with Gasteiger partial charge in [0, 0.05) is 18.1 Å². The van der Waals surface area contributed by atoms with Crippen molar-refractivity contribution in [1.82, 2.24) is 4.98 Å². The van der Waals surface area contributed by atoms with E-state index in [4.69, 9.17) is 26.8 Å². The smallest absolute Gasteiger partial charge is 0.355 e. The maximum Gasteiger partial charge on any atom is 0.355 e. The molecule has 8 nitrogen and oxygen atoms in total. The number of esters is 2. The number of halogens is 2. The summed E-state index contributed by atoms with van der Waals surface area (Å²) in [5.74, 6) is -3.71. The van der Waals surface area contributed by atoms with Gasteiger partial charge in [-0.25, -0.2) is 14.0 Å². The Bertz CT molecular complexity index is 1160. The van der Waals surface area contributed by atoms with Crippen molar-refractivity contribution in [2.24, 2.45) is 5.73 Å². The molecule has 0 saturated carbocycles. The quantitative estimate of drug-likeness (QED) is 0.718. The Hall–Kier alpha value is -3.90. The highest BCUT2D eigenvalue weighted by atomic mass is 35.5. The van der Waals surface area contributed by atoms with E-state index >= 15 is 0 Å². The first-order valence-corrected chi connectivity index (χ1v) is 9.19. The lowest BCUT2D eigenvalue weighted by atomic mass is 9.81. The Balaban J connectivity index is 2.41. The zero-order chi connectivity index (χ0) is 22.7. The molecule has 158 valence electrons. The van der Waals surface area contributed by atoms with Crippen LogP contribution in [0.3, 0.4) is 0 Å². The number of allylic oxidation sites excluding steroid dienone is 1. The van der Waals surface area contributed by atoms with Crippen molar-refractivity contribution in [3.63, 3.8) is 0 Å². The van der Waals surface area contributed by atoms with Gasteiger partial charge in [-0.3, -0.25) is 9.88 Å². The first-order valence-electron chi connectivity index (χ1n) is 8.81. The first-order chi connectivity index (χ1) is 14.8. The Kier molecular flexibility index (Phi) is 6.22. The fourth-order valence-corrected chi connectivity index (χ4v) is 3.48. The molecule has 0 fully saturated rings. The Morgan fingerprint density at radius 3 is 2.52 bits per heavy atom. The standard InChI is InChI=1S/C21H16ClFN4O4/c1-30-20(28)17-16(11-4-3-7-26-10-11)13(9-24)19(25)27(18(17)21(29)31-2)12-5-6-15(23)14(22)8-12/h3-8,10,16H,25H2,1-2H3/t16-/m0/s1. The van der Waals surface area contributed by atoms with Gasteiger partial charge in [0.2, 0.25) is 0 Å². The molecule has 1 atom stereocenters. The van der Waals surface area contributed by atoms with Gasteiger partial charge in [-0.1, -0.05) is 17.7 Å². The molecule has 0 spiro atoms. The molecule has 0 unspecified atom stereocenters. The number of nitrogens with two attached hydrogens (primary N) is 1. The van der Waals surface area contributed by atoms with Gasteiger partial charge < -0.3 is 15.2 Å². The molecule has 31 heavy (non-hydrogen) atoms. The third-order valence-electron chi connectivity index (χ3n) is 4.66. The van der Waals surface area contributed by atoms with Gasteiger partial charge in [0.05, 0.1) is 42.4 Å². The predicted molar refractivity (Wildman–Crippen MR) is 109 cm³/mol. The molecule has 2 heterocycles. The number of ether oxygens (including phenoxy) is 2. The van der Waals surface area contributed by atoms with Crippen LogP contribution in [-0.2, 0) is 19.1 Å². The fourth-order valence-electron chi connectivity index (χ4n) is 3.31. The molecule has 1 aromatic heterocycles. The second-order valence-electron chi connectivity index (χ2n) is 6.31. The Labute approximate surface area is 181 Å². The van der Waals surface area contributed by atoms with E-state index in [0.717, 1.165) is 25.2 Å². The van der Waals surface area contributed by atoms with Gasteiger partial charge in [-0.2, -0.15) is 5.26 Å². The number of hydrogen-bond acceptors (Lipinski definition) is 8. The second-order valence-corrected chi connectivity index (χ2v) is 6.72. The lowest BCUT2D eigenvalue weighted by molar-refractivity contribution is -0.139. The summed E-state index contributed by atoms with van der Waals surface area (Å²) < 4.78 is 23.5. The summed E-state index contributed by atoms with van der Waals surface area (Å²) in [7, 11) is 2.26. The van der Waals surface area contributed by atoms with E-state index in [1.54, 1.807) is 12.1 Å². The van der Waals surface area contributed by atoms with E-state index < -0.39 is 23.7 Å². The van der Waals surface area contributed by atoms with Crippen molar-refractivity contribution >= 4 is 29.2 Å². The van der Waals surface area contributed by atoms with Crippen molar-refractivity contribution in [3.05, 3.63) is 81.8 Å². The molecule has 0 amide bonds. The highest BCUT2D eigenvalue weighted by Gasteiger charge is 2.43. The van der Waals surface area contributed by atoms with Crippen molar-refractivity contribution in [2.45, 2.75) is 5.92 Å². The molecule has 3 rings (SSSR count). The van der Waals surface area contributed by atoms with Gasteiger partial charge in [-0.05, 0) is 29.8 Å². The number of aromatic nitrogens is 1. The minimum Gasteiger partial charge on any atom is -0.466 e. The molecule has 0 radical (unpaired) electrons. The number of anilines is 1. The van der Waals surface area contributed by atoms with E-state index in [9.17, 15) is 19.2 Å². The van der Waals surface area contributed by atoms with Crippen molar-refractivity contribution in [1.29, 1.82) is 5.26 Å². The first kappa shape index (κ1) is 21.8. The average molecular weight is 443 g/mol. The molecular formula is C21H16ClFN4O4. The predicted octanol–water partition coefficient (Wildman–Crippen LogP) is 2.77. The van der Waals surface area contributed by atoms with Gasteiger partial charge in [-0.15, -0.1) is 0 Å². The van der Waals surface area contributed by atoms with Gasteiger partial charge in [0.1, 0.15) is 17.3 Å². The maximum atomic E-state index is 13.7. The van der Waals surface area contributed by atoms with Crippen LogP contribution in [0.4, 0.5) is 10.1 Å². The molecule has 2 aromatic rings. The fraction of sp³-hybridized carbons (Fsp3) is 0.143. The molecule has 10 heteroatoms. The maximum absolute atomic E-state index is 13.7. The number of methoxy groups -OCH3 is 2. The number of carbonyl (C=O) groups excluding carboxylic acids is 2. The van der Waals surface area contributed by atoms with E-state index in [2.05, 4.69) is 4.98 Å². The van der Waals surface area contributed by atoms with Gasteiger partial charge in [0.15, 0.2) is 0 Å². The summed E-state index contributed by atoms with van der Waals surface area (Å²) in [6.45, 7) is 0. The molecule has 1 aliphatic rings. The van der Waals surface area contributed by atoms with Crippen LogP contribution in [0.2, 0.25) is 5.02 Å². The van der Waals surface area contributed by atoms with Crippen LogP contribution in [0, 0.1) is 17.1 Å². The number of pyridine rings is 1. The normalized spacial score (nSPS) is 16.1. The van der Waals surface area contributed by atoms with Crippen molar-refractivity contribution in [3.8, 4) is 6.07 Å². The van der Waals surface area contributed by atoms with Crippen LogP contribution in [0.25, 0.3) is 0 Å². The highest BCUT2D eigenvalue weighted by Crippen LogP contribution is 2.43. The van der Waals surface area contributed by atoms with Crippen LogP contribution in [0.1, 0.15) is 11.5 Å². The number of nitrogens with zero attached hydrogens (tertiary/aromatic N) is 3. The number of rotatable bonds is 4. The van der Waals surface area contributed by atoms with E-state index in [1.165, 1.54) is 24.5 Å². The minimum absolute atomic E-state index is 0.0403. The third-order valence-corrected chi connectivity index (χ3v) is 4.95. The molecule has 0 aliphatic carbocycles. The average Bonchev–Trinajstić information content (AvgIpc) is 2.79. The van der Waals surface area contributed by atoms with Crippen LogP contribution in [-0.4, -0.2) is 31.1 Å². The molecule has 1 aliphatic heterocycles. The summed E-state index contributed by atoms with van der Waals surface area (Å²) in [6, 6.07) is 8.81. The summed E-state index contributed by atoms with van der Waals surface area (Å²) >= 11 is 5.91. The molecule has 0 saturated heterocycles. The summed E-state index contributed by atoms with van der Waals surface area (Å²) in [6.07, 6.45) is 2.96. The zero-order valence-electron chi connectivity index (χ0n) is 16.4. The minimum atomic E-state index is -1.05. The number of hydrogen-bond donors (Lipinski definition) is 1. The van der Waals surface area contributed by atoms with E-state index in [1.807, 2.05) is 6.07 Å². The molecule has 2 N–H and O–H groups in total. The number of nitriles is 1. The van der Waals surface area contributed by atoms with Crippen molar-refractivity contribution < 1.29 is 23.5 Å². The number of carbonyl (C=O) groups is 2. The van der Waals surface area contributed by atoms with Crippen molar-refractivity contribution in [2.75, 3.05) is 19.1 Å². The Morgan fingerprint density at radius 2 is 1.97 bits per heavy atom. The van der Waals surface area contributed by atoms with Gasteiger partial charge in [0.25, 0.3) is 0 Å². The molecule has 1 aromatic carbocycles. The second kappa shape index (κ2) is 8.85. The summed E-state index contributed by atoms with van der Waals surface area (Å²) in [5, 5.41) is 9.65. The van der Waals surface area contributed by atoms with Crippen LogP contribution in [0.15, 0.2) is 65.4 Å². The number of benzene rings is 1. The lowest BCUT2D eigenvalue weighted by Gasteiger charge is -2.35. The monoisotopic (exact) mass is 442 g/mol. The largest absolute Gasteiger partial charge is 0.466 e. The summed E-state index contributed by atoms with van der Waals surface area (Å²) in [5.41, 5.74) is 6.36. The van der Waals surface area contributed by atoms with Crippen LogP contribution >= 0.6 is 11.6 Å². The highest BCUT2D eigenvalue weighted by molar-refractivity contribution is 6.31. The van der Waals surface area contributed by atoms with Crippen LogP contribution < -0.4 is 10.6 Å².